The SMILES string of the molecule is CC(=O)Nc1ccc(Oc2cccc3c(NC(=O)NS(=O)(=O)O)cccc23)cc1. The maximum absolute atomic E-state index is 11.7. The standard InChI is InChI=1S/C19H17N3O6S/c1-12(23)20-13-8-10-14(11-9-13)28-18-7-3-4-15-16(18)5-2-6-17(15)21-19(24)22-29(25,26)27/h2-11H,1H3,(H,20,23)(H2,21,22,24)(H,25,26,27). The molecule has 0 atom stereocenters. The molecule has 3 aromatic rings. The maximum atomic E-state index is 11.7. The number of benzene rings is 3. The van der Waals surface area contributed by atoms with Gasteiger partial charge in [-0.25, -0.2) is 9.52 Å². The molecule has 3 rings (SSSR count). The molecule has 0 aliphatic carbocycles. The lowest BCUT2D eigenvalue weighted by Gasteiger charge is -2.13. The lowest BCUT2D eigenvalue weighted by atomic mass is 10.1. The highest BCUT2D eigenvalue weighted by molar-refractivity contribution is 7.84. The number of hydrogen-bond donors (Lipinski definition) is 4. The minimum atomic E-state index is -4.67. The number of nitrogens with one attached hydrogen (secondary N) is 3. The zero-order valence-corrected chi connectivity index (χ0v) is 16.0. The van der Waals surface area contributed by atoms with Crippen LogP contribution in [0.4, 0.5) is 16.2 Å². The monoisotopic (exact) mass is 415 g/mol. The molecule has 0 saturated carbocycles. The van der Waals surface area contributed by atoms with Crippen LogP contribution in [0.5, 0.6) is 11.5 Å². The summed E-state index contributed by atoms with van der Waals surface area (Å²) in [4.78, 5) is 22.8. The van der Waals surface area contributed by atoms with Gasteiger partial charge in [0, 0.05) is 23.4 Å². The van der Waals surface area contributed by atoms with E-state index >= 15 is 0 Å². The number of carbonyl (C=O) groups excluding carboxylic acids is 2. The second-order valence-electron chi connectivity index (χ2n) is 6.00. The van der Waals surface area contributed by atoms with Crippen molar-refractivity contribution >= 4 is 44.4 Å². The van der Waals surface area contributed by atoms with E-state index in [9.17, 15) is 18.0 Å². The molecule has 10 heteroatoms. The van der Waals surface area contributed by atoms with Gasteiger partial charge in [-0.05, 0) is 36.4 Å². The lowest BCUT2D eigenvalue weighted by molar-refractivity contribution is -0.114. The molecule has 29 heavy (non-hydrogen) atoms. The zero-order chi connectivity index (χ0) is 21.0. The summed E-state index contributed by atoms with van der Waals surface area (Å²) in [6.07, 6.45) is 0. The van der Waals surface area contributed by atoms with E-state index in [4.69, 9.17) is 9.29 Å². The minimum Gasteiger partial charge on any atom is -0.457 e. The second-order valence-corrected chi connectivity index (χ2v) is 7.15. The fourth-order valence-electron chi connectivity index (χ4n) is 2.68. The molecule has 0 heterocycles. The van der Waals surface area contributed by atoms with Crippen molar-refractivity contribution in [2.24, 2.45) is 0 Å². The van der Waals surface area contributed by atoms with Gasteiger partial charge in [0.25, 0.3) is 0 Å². The van der Waals surface area contributed by atoms with Gasteiger partial charge in [-0.1, -0.05) is 24.3 Å². The molecule has 0 aromatic heterocycles. The Bertz CT molecular complexity index is 1180. The largest absolute Gasteiger partial charge is 0.457 e. The Kier molecular flexibility index (Phi) is 5.66. The van der Waals surface area contributed by atoms with Crippen molar-refractivity contribution in [3.8, 4) is 11.5 Å². The summed E-state index contributed by atoms with van der Waals surface area (Å²) >= 11 is 0. The average molecular weight is 415 g/mol. The smallest absolute Gasteiger partial charge is 0.361 e. The number of fused-ring (bicyclic) bond motifs is 1. The third kappa shape index (κ3) is 5.43. The predicted octanol–water partition coefficient (Wildman–Crippen LogP) is 3.51. The van der Waals surface area contributed by atoms with Crippen LogP contribution in [0.1, 0.15) is 6.92 Å². The number of hydrogen-bond acceptors (Lipinski definition) is 5. The van der Waals surface area contributed by atoms with E-state index in [2.05, 4.69) is 10.6 Å². The van der Waals surface area contributed by atoms with Crippen LogP contribution in [0.25, 0.3) is 10.8 Å². The van der Waals surface area contributed by atoms with E-state index in [-0.39, 0.29) is 5.91 Å². The van der Waals surface area contributed by atoms with Gasteiger partial charge in [-0.3, -0.25) is 9.35 Å². The van der Waals surface area contributed by atoms with Gasteiger partial charge in [-0.2, -0.15) is 8.42 Å². The van der Waals surface area contributed by atoms with Crippen LogP contribution in [0.15, 0.2) is 60.7 Å². The lowest BCUT2D eigenvalue weighted by Crippen LogP contribution is -2.33. The van der Waals surface area contributed by atoms with Crippen LogP contribution in [-0.2, 0) is 15.1 Å². The quantitative estimate of drug-likeness (QED) is 0.471. The summed E-state index contributed by atoms with van der Waals surface area (Å²) in [5.41, 5.74) is 0.967. The minimum absolute atomic E-state index is 0.175. The molecule has 4 N–H and O–H groups in total. The predicted molar refractivity (Wildman–Crippen MR) is 108 cm³/mol. The van der Waals surface area contributed by atoms with Crippen LogP contribution >= 0.6 is 0 Å². The van der Waals surface area contributed by atoms with Crippen LogP contribution in [0.2, 0.25) is 0 Å². The molecule has 0 fully saturated rings. The number of amides is 3. The van der Waals surface area contributed by atoms with Gasteiger partial charge in [0.1, 0.15) is 11.5 Å². The van der Waals surface area contributed by atoms with E-state index in [1.807, 2.05) is 0 Å². The highest BCUT2D eigenvalue weighted by Gasteiger charge is 2.13. The molecule has 0 aliphatic heterocycles. The molecular formula is C19H17N3O6S. The van der Waals surface area contributed by atoms with E-state index in [1.165, 1.54) is 11.6 Å². The summed E-state index contributed by atoms with van der Waals surface area (Å²) in [6.45, 7) is 1.42. The molecule has 0 unspecified atom stereocenters. The maximum Gasteiger partial charge on any atom is 0.361 e. The Morgan fingerprint density at radius 3 is 2.21 bits per heavy atom. The van der Waals surface area contributed by atoms with Crippen molar-refractivity contribution in [2.75, 3.05) is 10.6 Å². The van der Waals surface area contributed by atoms with Crippen LogP contribution in [0.3, 0.4) is 0 Å². The Morgan fingerprint density at radius 1 is 0.897 bits per heavy atom. The van der Waals surface area contributed by atoms with E-state index < -0.39 is 16.3 Å². The molecule has 3 amide bonds. The summed E-state index contributed by atoms with van der Waals surface area (Å²) in [5, 5.41) is 6.31. The summed E-state index contributed by atoms with van der Waals surface area (Å²) in [6, 6.07) is 15.9. The normalized spacial score (nSPS) is 11.0. The number of anilines is 2. The first-order valence-electron chi connectivity index (χ1n) is 8.35. The van der Waals surface area contributed by atoms with Gasteiger partial charge in [0.15, 0.2) is 0 Å². The molecule has 150 valence electrons. The highest BCUT2D eigenvalue weighted by atomic mass is 32.2. The van der Waals surface area contributed by atoms with Gasteiger partial charge in [0.05, 0.1) is 5.69 Å². The van der Waals surface area contributed by atoms with Crippen molar-refractivity contribution < 1.29 is 27.3 Å². The first kappa shape index (κ1) is 20.1. The van der Waals surface area contributed by atoms with Crippen LogP contribution in [0, 0.1) is 0 Å². The van der Waals surface area contributed by atoms with Crippen molar-refractivity contribution in [2.45, 2.75) is 6.92 Å². The molecular weight excluding hydrogens is 398 g/mol. The topological polar surface area (TPSA) is 134 Å². The number of rotatable bonds is 5. The molecule has 3 aromatic carbocycles. The fourth-order valence-corrected chi connectivity index (χ4v) is 2.97. The Morgan fingerprint density at radius 2 is 1.55 bits per heavy atom. The molecule has 0 saturated heterocycles. The van der Waals surface area contributed by atoms with E-state index in [0.29, 0.717) is 33.6 Å². The average Bonchev–Trinajstić information content (AvgIpc) is 2.62. The number of urea groups is 1. The molecule has 0 bridgehead atoms. The summed E-state index contributed by atoms with van der Waals surface area (Å²) < 4.78 is 37.6. The van der Waals surface area contributed by atoms with Gasteiger partial charge >= 0.3 is 16.3 Å². The van der Waals surface area contributed by atoms with Crippen LogP contribution < -0.4 is 20.1 Å². The number of carbonyl (C=O) groups is 2. The third-order valence-corrected chi connectivity index (χ3v) is 4.20. The zero-order valence-electron chi connectivity index (χ0n) is 15.2. The van der Waals surface area contributed by atoms with Gasteiger partial charge in [-0.15, -0.1) is 0 Å². The molecule has 9 nitrogen and oxygen atoms in total. The second kappa shape index (κ2) is 8.17. The molecule has 0 aliphatic rings. The Balaban J connectivity index is 1.86. The van der Waals surface area contributed by atoms with Crippen molar-refractivity contribution in [1.29, 1.82) is 0 Å². The Hall–Kier alpha value is -3.63. The van der Waals surface area contributed by atoms with Crippen molar-refractivity contribution in [1.82, 2.24) is 4.72 Å². The fraction of sp³-hybridized carbons (Fsp3) is 0.0526. The Labute approximate surface area is 166 Å². The first-order valence-corrected chi connectivity index (χ1v) is 9.79. The molecule has 0 spiro atoms. The van der Waals surface area contributed by atoms with E-state index in [0.717, 1.165) is 0 Å². The summed E-state index contributed by atoms with van der Waals surface area (Å²) in [7, 11) is -4.67. The third-order valence-electron chi connectivity index (χ3n) is 3.75. The van der Waals surface area contributed by atoms with Crippen molar-refractivity contribution in [3.63, 3.8) is 0 Å². The van der Waals surface area contributed by atoms with Crippen LogP contribution in [-0.4, -0.2) is 24.9 Å². The van der Waals surface area contributed by atoms with Gasteiger partial charge < -0.3 is 15.4 Å². The van der Waals surface area contributed by atoms with Crippen molar-refractivity contribution in [3.05, 3.63) is 60.7 Å². The number of ether oxygens (including phenoxy) is 1. The van der Waals surface area contributed by atoms with E-state index in [1.54, 1.807) is 60.7 Å². The summed E-state index contributed by atoms with van der Waals surface area (Å²) in [5.74, 6) is 0.869. The first-order chi connectivity index (χ1) is 13.7. The van der Waals surface area contributed by atoms with Gasteiger partial charge in [0.2, 0.25) is 5.91 Å². The highest BCUT2D eigenvalue weighted by Crippen LogP contribution is 2.33. The molecule has 0 radical (unpaired) electrons.